The molecule has 12 heteroatoms. The summed E-state index contributed by atoms with van der Waals surface area (Å²) in [6, 6.07) is 15.2. The Kier molecular flexibility index (Phi) is 9.95. The highest BCUT2D eigenvalue weighted by Gasteiger charge is 2.27. The molecule has 1 N–H and O–H groups in total. The molecule has 0 saturated carbocycles. The summed E-state index contributed by atoms with van der Waals surface area (Å²) in [6.07, 6.45) is 5.81. The number of piperidine rings is 1. The molecule has 0 spiro atoms. The fourth-order valence-electron chi connectivity index (χ4n) is 7.95. The molecule has 2 aromatic carbocycles. The van der Waals surface area contributed by atoms with Crippen molar-refractivity contribution in [3.63, 3.8) is 0 Å². The lowest BCUT2D eigenvalue weighted by atomic mass is 9.91. The van der Waals surface area contributed by atoms with Crippen LogP contribution >= 0.6 is 11.3 Å². The average Bonchev–Trinajstić information content (AvgIpc) is 3.70. The van der Waals surface area contributed by atoms with E-state index in [9.17, 15) is 9.18 Å². The Morgan fingerprint density at radius 1 is 0.981 bits per heavy atom. The summed E-state index contributed by atoms with van der Waals surface area (Å²) in [7, 11) is 2.18. The molecule has 2 saturated heterocycles. The van der Waals surface area contributed by atoms with Gasteiger partial charge in [0.05, 0.1) is 22.6 Å². The van der Waals surface area contributed by atoms with Crippen molar-refractivity contribution in [3.8, 4) is 0 Å². The minimum absolute atomic E-state index is 0.161. The minimum atomic E-state index is -0.303. The van der Waals surface area contributed by atoms with Gasteiger partial charge in [0.2, 0.25) is 0 Å². The lowest BCUT2D eigenvalue weighted by molar-refractivity contribution is 0.211. The summed E-state index contributed by atoms with van der Waals surface area (Å²) in [5.41, 5.74) is 6.74. The molecule has 0 unspecified atom stereocenters. The van der Waals surface area contributed by atoms with Crippen molar-refractivity contribution in [1.29, 1.82) is 0 Å². The normalized spacial score (nSPS) is 18.1. The van der Waals surface area contributed by atoms with E-state index in [2.05, 4.69) is 69.5 Å². The Bertz CT molecular complexity index is 2160. The molecule has 4 aliphatic rings. The zero-order valence-electron chi connectivity index (χ0n) is 30.3. The van der Waals surface area contributed by atoms with Gasteiger partial charge >= 0.3 is 0 Å². The van der Waals surface area contributed by atoms with Crippen LogP contribution in [-0.2, 0) is 19.4 Å². The number of thiophene rings is 1. The van der Waals surface area contributed by atoms with Crippen LogP contribution in [0.2, 0.25) is 0 Å². The van der Waals surface area contributed by atoms with Crippen molar-refractivity contribution in [2.75, 3.05) is 58.2 Å². The Hall–Kier alpha value is -4.39. The molecule has 10 nitrogen and oxygen atoms in total. The number of aryl methyl sites for hydroxylation is 3. The Morgan fingerprint density at radius 3 is 2.62 bits per heavy atom. The quantitative estimate of drug-likeness (QED) is 0.212. The third kappa shape index (κ3) is 7.16. The molecule has 52 heavy (non-hydrogen) atoms. The zero-order chi connectivity index (χ0) is 35.8. The van der Waals surface area contributed by atoms with Gasteiger partial charge in [-0.25, -0.2) is 14.4 Å². The molecular weight excluding hydrogens is 676 g/mol. The van der Waals surface area contributed by atoms with Crippen molar-refractivity contribution in [1.82, 2.24) is 29.4 Å². The number of piperazine rings is 1. The second-order valence-electron chi connectivity index (χ2n) is 14.5. The molecule has 0 atom stereocenters. The standard InChI is InChI=1S/C23H27FN4O2.C17H20N4S/c1-15-18(23(29)28-10-3-2-4-21(28)25-15)9-13-27-11-7-16(8-12-27)22-19-6-5-17(24)14-20(19)30-26-22;1-12-11-13-16(21-9-7-20(2)8-10-21)18-14-5-3-4-6-15(14)19-17(13)22-12/h5-6,14,16H,2-4,7-13H2,1H3;3-6,11,19H,7-10H2,1-2H3. The molecule has 7 heterocycles. The number of halogens is 1. The average molecular weight is 723 g/mol. The van der Waals surface area contributed by atoms with Crippen LogP contribution in [0.25, 0.3) is 11.0 Å². The van der Waals surface area contributed by atoms with Gasteiger partial charge < -0.3 is 24.5 Å². The number of hydrogen-bond donors (Lipinski definition) is 1. The van der Waals surface area contributed by atoms with Crippen LogP contribution in [0.5, 0.6) is 0 Å². The summed E-state index contributed by atoms with van der Waals surface area (Å²) < 4.78 is 20.6. The van der Waals surface area contributed by atoms with Crippen molar-refractivity contribution < 1.29 is 8.91 Å². The van der Waals surface area contributed by atoms with E-state index in [0.717, 1.165) is 136 Å². The van der Waals surface area contributed by atoms with Crippen LogP contribution < -0.4 is 10.9 Å². The Labute approximate surface area is 308 Å². The van der Waals surface area contributed by atoms with E-state index in [0.29, 0.717) is 11.5 Å². The van der Waals surface area contributed by atoms with Gasteiger partial charge in [0, 0.05) is 79.2 Å². The highest BCUT2D eigenvalue weighted by molar-refractivity contribution is 7.16. The molecule has 0 aliphatic carbocycles. The maximum atomic E-state index is 13.4. The molecule has 0 bridgehead atoms. The van der Waals surface area contributed by atoms with Gasteiger partial charge in [-0.15, -0.1) is 11.3 Å². The molecule has 2 fully saturated rings. The maximum Gasteiger partial charge on any atom is 0.256 e. The van der Waals surface area contributed by atoms with E-state index in [1.807, 2.05) is 11.5 Å². The van der Waals surface area contributed by atoms with Gasteiger partial charge in [-0.2, -0.15) is 0 Å². The number of benzene rings is 2. The molecule has 4 aliphatic heterocycles. The summed E-state index contributed by atoms with van der Waals surface area (Å²) in [5.74, 6) is 2.09. The Morgan fingerprint density at radius 2 is 1.79 bits per heavy atom. The lowest BCUT2D eigenvalue weighted by Crippen LogP contribution is -2.47. The van der Waals surface area contributed by atoms with Crippen LogP contribution in [0, 0.1) is 19.7 Å². The summed E-state index contributed by atoms with van der Waals surface area (Å²) in [6.45, 7) is 12.0. The van der Waals surface area contributed by atoms with Gasteiger partial charge in [-0.3, -0.25) is 9.36 Å². The topological polar surface area (TPSA) is 95.0 Å². The largest absolute Gasteiger partial charge is 0.356 e. The van der Waals surface area contributed by atoms with Gasteiger partial charge in [-0.1, -0.05) is 17.3 Å². The van der Waals surface area contributed by atoms with Gasteiger partial charge in [0.25, 0.3) is 5.56 Å². The minimum Gasteiger partial charge on any atom is -0.356 e. The maximum absolute atomic E-state index is 13.4. The van der Waals surface area contributed by atoms with E-state index in [4.69, 9.17) is 14.5 Å². The number of fused-ring (bicyclic) bond motifs is 4. The number of likely N-dealkylation sites (tertiary alicyclic amines) is 1. The molecule has 5 aromatic rings. The summed E-state index contributed by atoms with van der Waals surface area (Å²) >= 11 is 1.81. The number of anilines is 2. The number of nitrogens with zero attached hydrogens (tertiary/aromatic N) is 7. The smallest absolute Gasteiger partial charge is 0.256 e. The number of hydrogen-bond acceptors (Lipinski definition) is 10. The highest BCUT2D eigenvalue weighted by Crippen LogP contribution is 2.39. The van der Waals surface area contributed by atoms with E-state index >= 15 is 0 Å². The molecule has 0 amide bonds. The fraction of sp³-hybridized carbons (Fsp3) is 0.450. The van der Waals surface area contributed by atoms with Crippen LogP contribution in [0.4, 0.5) is 20.8 Å². The van der Waals surface area contributed by atoms with Gasteiger partial charge in [-0.05, 0) is 96.4 Å². The molecule has 3 aromatic heterocycles. The molecule has 9 rings (SSSR count). The first-order valence-corrected chi connectivity index (χ1v) is 19.5. The van der Waals surface area contributed by atoms with Crippen LogP contribution in [0.1, 0.15) is 64.8 Å². The molecular formula is C40H47FN8O2S. The fourth-order valence-corrected chi connectivity index (χ4v) is 8.87. The number of para-hydroxylation sites is 2. The number of likely N-dealkylation sites (N-methyl/N-ethyl adjacent to an activating group) is 1. The number of rotatable bonds is 4. The molecule has 272 valence electrons. The van der Waals surface area contributed by atoms with Crippen molar-refractivity contribution in [2.24, 2.45) is 4.99 Å². The van der Waals surface area contributed by atoms with E-state index in [1.54, 1.807) is 17.4 Å². The van der Waals surface area contributed by atoms with E-state index in [1.165, 1.54) is 27.6 Å². The second-order valence-corrected chi connectivity index (χ2v) is 15.8. The van der Waals surface area contributed by atoms with Crippen molar-refractivity contribution in [3.05, 3.63) is 97.9 Å². The number of nitrogens with one attached hydrogen (secondary N) is 1. The molecule has 0 radical (unpaired) electrons. The predicted octanol–water partition coefficient (Wildman–Crippen LogP) is 7.03. The third-order valence-corrected chi connectivity index (χ3v) is 11.9. The summed E-state index contributed by atoms with van der Waals surface area (Å²) in [5, 5.41) is 9.92. The van der Waals surface area contributed by atoms with Crippen LogP contribution in [0.3, 0.4) is 0 Å². The Balaban J connectivity index is 0.000000156. The zero-order valence-corrected chi connectivity index (χ0v) is 31.1. The van der Waals surface area contributed by atoms with Gasteiger partial charge in [0.15, 0.2) is 5.58 Å². The van der Waals surface area contributed by atoms with Crippen molar-refractivity contribution in [2.45, 2.75) is 64.8 Å². The third-order valence-electron chi connectivity index (χ3n) is 11.0. The van der Waals surface area contributed by atoms with E-state index < -0.39 is 0 Å². The predicted molar refractivity (Wildman–Crippen MR) is 206 cm³/mol. The number of amidine groups is 1. The second kappa shape index (κ2) is 14.9. The first-order valence-electron chi connectivity index (χ1n) is 18.7. The number of aromatic nitrogens is 3. The number of aliphatic imine (C=N–C) groups is 1. The highest BCUT2D eigenvalue weighted by atomic mass is 32.1. The van der Waals surface area contributed by atoms with Crippen molar-refractivity contribution >= 4 is 44.5 Å². The van der Waals surface area contributed by atoms with Gasteiger partial charge in [0.1, 0.15) is 22.5 Å². The van der Waals surface area contributed by atoms with E-state index in [-0.39, 0.29) is 11.4 Å². The monoisotopic (exact) mass is 722 g/mol. The summed E-state index contributed by atoms with van der Waals surface area (Å²) in [4.78, 5) is 31.2. The van der Waals surface area contributed by atoms with Crippen LogP contribution in [0.15, 0.2) is 62.8 Å². The first kappa shape index (κ1) is 34.7. The SMILES string of the molecule is Cc1cc2c(s1)Nc1ccccc1N=C2N1CCN(C)CC1.Cc1nc2n(c(=O)c1CCN1CCC(c3noc4cc(F)ccc34)CC1)CCCC2. The van der Waals surface area contributed by atoms with Crippen LogP contribution in [-0.4, -0.2) is 88.1 Å². The first-order chi connectivity index (χ1) is 25.3. The lowest BCUT2D eigenvalue weighted by Gasteiger charge is -2.34.